The topological polar surface area (TPSA) is 90.1 Å². The van der Waals surface area contributed by atoms with Crippen molar-refractivity contribution in [1.82, 2.24) is 15.6 Å². The minimum Gasteiger partial charge on any atom is -0.302 e. The average molecular weight is 323 g/mol. The largest absolute Gasteiger partial charge is 0.302 e. The van der Waals surface area contributed by atoms with Crippen LogP contribution in [0.15, 0.2) is 44.7 Å². The number of H-pyrrole nitrogens is 2. The molecule has 0 aliphatic heterocycles. The normalized spacial score (nSPS) is 10.8. The summed E-state index contributed by atoms with van der Waals surface area (Å²) in [7, 11) is 0. The number of carbonyl (C=O) groups excluding carboxylic acids is 1. The number of hydrogen-bond acceptors (Lipinski definition) is 3. The Labute approximate surface area is 117 Å². The number of amides is 1. The van der Waals surface area contributed by atoms with Gasteiger partial charge in [0.1, 0.15) is 0 Å². The van der Waals surface area contributed by atoms with Crippen LogP contribution in [0.4, 0.5) is 0 Å². The van der Waals surface area contributed by atoms with Gasteiger partial charge in [0.05, 0.1) is 12.6 Å². The highest BCUT2D eigenvalue weighted by molar-refractivity contribution is 9.10. The fourth-order valence-corrected chi connectivity index (χ4v) is 1.82. The number of nitrogens with zero attached hydrogens (tertiary/aromatic N) is 1. The van der Waals surface area contributed by atoms with Crippen LogP contribution in [0.3, 0.4) is 0 Å². The molecule has 1 amide bonds. The molecule has 98 valence electrons. The number of halogens is 1. The van der Waals surface area contributed by atoms with Crippen molar-refractivity contribution in [2.45, 2.75) is 6.42 Å². The van der Waals surface area contributed by atoms with E-state index in [1.807, 2.05) is 24.3 Å². The molecule has 19 heavy (non-hydrogen) atoms. The fraction of sp³-hybridized carbons (Fsp3) is 0.0833. The maximum Gasteiger partial charge on any atom is 0.264 e. The second-order valence-electron chi connectivity index (χ2n) is 3.78. The first-order valence-corrected chi connectivity index (χ1v) is 6.27. The first kappa shape index (κ1) is 13.3. The highest BCUT2D eigenvalue weighted by Crippen LogP contribution is 2.13. The van der Waals surface area contributed by atoms with E-state index in [0.29, 0.717) is 5.69 Å². The zero-order valence-corrected chi connectivity index (χ0v) is 11.4. The smallest absolute Gasteiger partial charge is 0.264 e. The quantitative estimate of drug-likeness (QED) is 0.582. The third kappa shape index (κ3) is 3.92. The number of hydrazone groups is 1. The first-order chi connectivity index (χ1) is 9.15. The lowest BCUT2D eigenvalue weighted by atomic mass is 10.2. The Kier molecular flexibility index (Phi) is 4.30. The van der Waals surface area contributed by atoms with E-state index in [4.69, 9.17) is 0 Å². The minimum atomic E-state index is -0.307. The van der Waals surface area contributed by atoms with Gasteiger partial charge in [-0.2, -0.15) is 5.10 Å². The van der Waals surface area contributed by atoms with Crippen molar-refractivity contribution < 1.29 is 4.79 Å². The minimum absolute atomic E-state index is 0.0615. The van der Waals surface area contributed by atoms with Crippen LogP contribution in [-0.4, -0.2) is 22.3 Å². The van der Waals surface area contributed by atoms with Crippen molar-refractivity contribution in [3.8, 4) is 0 Å². The second kappa shape index (κ2) is 6.14. The lowest BCUT2D eigenvalue weighted by molar-refractivity contribution is -0.120. The van der Waals surface area contributed by atoms with E-state index in [9.17, 15) is 9.59 Å². The molecule has 7 heteroatoms. The van der Waals surface area contributed by atoms with Crippen LogP contribution in [0.1, 0.15) is 11.3 Å². The molecule has 0 aliphatic carbocycles. The Hall–Kier alpha value is -2.15. The highest BCUT2D eigenvalue weighted by atomic mass is 79.9. The molecule has 0 spiro atoms. The van der Waals surface area contributed by atoms with E-state index in [2.05, 4.69) is 36.7 Å². The number of rotatable bonds is 4. The van der Waals surface area contributed by atoms with Gasteiger partial charge in [0.15, 0.2) is 0 Å². The van der Waals surface area contributed by atoms with Crippen molar-refractivity contribution in [2.24, 2.45) is 5.10 Å². The summed E-state index contributed by atoms with van der Waals surface area (Å²) in [5.74, 6) is -0.307. The Bertz CT molecular complexity index is 659. The molecule has 0 fully saturated rings. The van der Waals surface area contributed by atoms with E-state index in [-0.39, 0.29) is 17.9 Å². The van der Waals surface area contributed by atoms with Crippen LogP contribution < -0.4 is 11.0 Å². The molecule has 0 saturated heterocycles. The molecule has 3 N–H and O–H groups in total. The molecule has 0 aliphatic rings. The monoisotopic (exact) mass is 322 g/mol. The maximum atomic E-state index is 11.5. The van der Waals surface area contributed by atoms with Crippen LogP contribution in [0, 0.1) is 0 Å². The van der Waals surface area contributed by atoms with Crippen LogP contribution in [0.25, 0.3) is 0 Å². The number of carbonyl (C=O) groups is 1. The van der Waals surface area contributed by atoms with Crippen molar-refractivity contribution >= 4 is 28.1 Å². The predicted octanol–water partition coefficient (Wildman–Crippen LogP) is 1.16. The summed E-state index contributed by atoms with van der Waals surface area (Å²) in [6, 6.07) is 8.84. The van der Waals surface area contributed by atoms with Gasteiger partial charge in [-0.05, 0) is 6.07 Å². The van der Waals surface area contributed by atoms with Crippen molar-refractivity contribution in [3.05, 3.63) is 56.4 Å². The van der Waals surface area contributed by atoms with Gasteiger partial charge >= 0.3 is 0 Å². The van der Waals surface area contributed by atoms with Gasteiger partial charge in [-0.15, -0.1) is 0 Å². The van der Waals surface area contributed by atoms with Gasteiger partial charge in [0, 0.05) is 21.8 Å². The zero-order valence-electron chi connectivity index (χ0n) is 9.81. The van der Waals surface area contributed by atoms with Crippen molar-refractivity contribution in [1.29, 1.82) is 0 Å². The molecular weight excluding hydrogens is 312 g/mol. The van der Waals surface area contributed by atoms with Crippen molar-refractivity contribution in [2.75, 3.05) is 0 Å². The van der Waals surface area contributed by atoms with Gasteiger partial charge < -0.3 is 5.10 Å². The van der Waals surface area contributed by atoms with E-state index >= 15 is 0 Å². The number of nitrogens with one attached hydrogen (secondary N) is 3. The fourth-order valence-electron chi connectivity index (χ4n) is 1.43. The summed E-state index contributed by atoms with van der Waals surface area (Å²) in [6.07, 6.45) is 1.61. The first-order valence-electron chi connectivity index (χ1n) is 5.48. The molecule has 0 radical (unpaired) electrons. The van der Waals surface area contributed by atoms with Crippen LogP contribution in [0.2, 0.25) is 0 Å². The molecule has 0 bridgehead atoms. The van der Waals surface area contributed by atoms with E-state index in [1.165, 1.54) is 6.07 Å². The summed E-state index contributed by atoms with van der Waals surface area (Å²) >= 11 is 3.37. The standard InChI is InChI=1S/C12H11BrN4O2/c13-10-4-2-1-3-8(10)7-14-16-11(18)5-9-6-12(19)17-15-9/h1-4,6-7H,5H2,(H,16,18)(H2,15,17,19). The lowest BCUT2D eigenvalue weighted by Gasteiger charge is -1.98. The number of hydrogen-bond donors (Lipinski definition) is 3. The molecule has 1 aromatic carbocycles. The molecule has 0 atom stereocenters. The van der Waals surface area contributed by atoms with Gasteiger partial charge in [0.25, 0.3) is 5.56 Å². The number of benzene rings is 1. The van der Waals surface area contributed by atoms with Crippen LogP contribution in [-0.2, 0) is 11.2 Å². The molecule has 1 aromatic heterocycles. The average Bonchev–Trinajstić information content (AvgIpc) is 2.77. The van der Waals surface area contributed by atoms with E-state index in [0.717, 1.165) is 10.0 Å². The molecule has 6 nitrogen and oxygen atoms in total. The molecular formula is C12H11BrN4O2. The summed E-state index contributed by atoms with van der Waals surface area (Å²) < 4.78 is 0.892. The Morgan fingerprint density at radius 2 is 2.16 bits per heavy atom. The highest BCUT2D eigenvalue weighted by Gasteiger charge is 2.03. The van der Waals surface area contributed by atoms with E-state index in [1.54, 1.807) is 6.21 Å². The maximum absolute atomic E-state index is 11.5. The summed E-state index contributed by atoms with van der Waals surface area (Å²) in [5.41, 5.74) is 3.50. The third-order valence-corrected chi connectivity index (χ3v) is 3.02. The van der Waals surface area contributed by atoms with Crippen molar-refractivity contribution in [3.63, 3.8) is 0 Å². The van der Waals surface area contributed by atoms with Gasteiger partial charge in [-0.3, -0.25) is 14.7 Å². The molecule has 2 rings (SSSR count). The Balaban J connectivity index is 1.90. The Morgan fingerprint density at radius 3 is 2.84 bits per heavy atom. The third-order valence-electron chi connectivity index (χ3n) is 2.30. The zero-order chi connectivity index (χ0) is 13.7. The Morgan fingerprint density at radius 1 is 1.37 bits per heavy atom. The summed E-state index contributed by atoms with van der Waals surface area (Å²) in [4.78, 5) is 22.4. The molecule has 2 aromatic rings. The number of aromatic amines is 2. The SMILES string of the molecule is O=C(Cc1cc(=O)[nH][nH]1)NN=Cc1ccccc1Br. The van der Waals surface area contributed by atoms with Crippen LogP contribution in [0.5, 0.6) is 0 Å². The molecule has 0 saturated carbocycles. The van der Waals surface area contributed by atoms with Gasteiger partial charge in [-0.25, -0.2) is 5.43 Å². The predicted molar refractivity (Wildman–Crippen MR) is 75.0 cm³/mol. The number of aromatic nitrogens is 2. The summed E-state index contributed by atoms with van der Waals surface area (Å²) in [5, 5.41) is 8.80. The molecule has 0 unspecified atom stereocenters. The lowest BCUT2D eigenvalue weighted by Crippen LogP contribution is -2.20. The second-order valence-corrected chi connectivity index (χ2v) is 4.63. The van der Waals surface area contributed by atoms with Crippen LogP contribution >= 0.6 is 15.9 Å². The summed E-state index contributed by atoms with van der Waals surface area (Å²) in [6.45, 7) is 0. The van der Waals surface area contributed by atoms with Gasteiger partial charge in [0.2, 0.25) is 5.91 Å². The van der Waals surface area contributed by atoms with Gasteiger partial charge in [-0.1, -0.05) is 34.1 Å². The van der Waals surface area contributed by atoms with E-state index < -0.39 is 0 Å². The molecule has 1 heterocycles.